The second kappa shape index (κ2) is 9.13. The molecule has 0 atom stereocenters. The van der Waals surface area contributed by atoms with E-state index in [2.05, 4.69) is 15.2 Å². The molecule has 3 aromatic rings. The smallest absolute Gasteiger partial charge is 0.409 e. The van der Waals surface area contributed by atoms with Crippen LogP contribution in [0.5, 0.6) is 5.75 Å². The number of nitrogens with one attached hydrogen (secondary N) is 1. The molecule has 3 rings (SSSR count). The molecule has 156 valence electrons. The summed E-state index contributed by atoms with van der Waals surface area (Å²) in [6.45, 7) is 2.30. The highest BCUT2D eigenvalue weighted by atomic mass is 16.5. The zero-order valence-corrected chi connectivity index (χ0v) is 17.4. The van der Waals surface area contributed by atoms with E-state index in [0.717, 1.165) is 22.7 Å². The van der Waals surface area contributed by atoms with Crippen LogP contribution in [0.1, 0.15) is 21.7 Å². The number of carbonyl (C=O) groups is 2. The highest BCUT2D eigenvalue weighted by Gasteiger charge is 2.14. The van der Waals surface area contributed by atoms with Crippen LogP contribution in [0.25, 0.3) is 5.69 Å². The molecule has 1 heterocycles. The summed E-state index contributed by atoms with van der Waals surface area (Å²) in [6.07, 6.45) is -0.407. The Morgan fingerprint density at radius 2 is 1.73 bits per heavy atom. The SMILES string of the molecule is COC(=O)N(C)Cc1ccc(NC(=O)c2cc(C)n(-c3ccc(OC)cc3)n2)cc1. The molecule has 8 heteroatoms. The van der Waals surface area contributed by atoms with Crippen molar-refractivity contribution in [1.82, 2.24) is 14.7 Å². The molecule has 0 radical (unpaired) electrons. The fraction of sp³-hybridized carbons (Fsp3) is 0.227. The van der Waals surface area contributed by atoms with Gasteiger partial charge in [0.25, 0.3) is 5.91 Å². The number of hydrogen-bond donors (Lipinski definition) is 1. The Hall–Kier alpha value is -3.81. The molecule has 0 bridgehead atoms. The minimum absolute atomic E-state index is 0.301. The van der Waals surface area contributed by atoms with Crippen LogP contribution in [-0.2, 0) is 11.3 Å². The fourth-order valence-electron chi connectivity index (χ4n) is 2.95. The van der Waals surface area contributed by atoms with Crippen LogP contribution in [0.3, 0.4) is 0 Å². The van der Waals surface area contributed by atoms with Gasteiger partial charge in [-0.05, 0) is 55.0 Å². The Morgan fingerprint density at radius 1 is 1.07 bits per heavy atom. The van der Waals surface area contributed by atoms with Crippen molar-refractivity contribution >= 4 is 17.7 Å². The number of methoxy groups -OCH3 is 2. The van der Waals surface area contributed by atoms with Gasteiger partial charge in [-0.3, -0.25) is 4.79 Å². The fourth-order valence-corrected chi connectivity index (χ4v) is 2.95. The van der Waals surface area contributed by atoms with Crippen LogP contribution in [0, 0.1) is 6.92 Å². The number of anilines is 1. The zero-order chi connectivity index (χ0) is 21.7. The lowest BCUT2D eigenvalue weighted by Crippen LogP contribution is -2.25. The number of hydrogen-bond acceptors (Lipinski definition) is 5. The zero-order valence-electron chi connectivity index (χ0n) is 17.4. The van der Waals surface area contributed by atoms with Crippen LogP contribution >= 0.6 is 0 Å². The minimum Gasteiger partial charge on any atom is -0.497 e. The van der Waals surface area contributed by atoms with Crippen LogP contribution in [0.2, 0.25) is 0 Å². The van der Waals surface area contributed by atoms with Crippen LogP contribution in [-0.4, -0.2) is 47.9 Å². The second-order valence-electron chi connectivity index (χ2n) is 6.76. The van der Waals surface area contributed by atoms with Crippen LogP contribution in [0.15, 0.2) is 54.6 Å². The van der Waals surface area contributed by atoms with Crippen molar-refractivity contribution < 1.29 is 19.1 Å². The van der Waals surface area contributed by atoms with Crippen molar-refractivity contribution in [2.75, 3.05) is 26.6 Å². The van der Waals surface area contributed by atoms with Crippen LogP contribution in [0.4, 0.5) is 10.5 Å². The Morgan fingerprint density at radius 3 is 2.33 bits per heavy atom. The minimum atomic E-state index is -0.407. The van der Waals surface area contributed by atoms with Gasteiger partial charge in [-0.2, -0.15) is 5.10 Å². The Labute approximate surface area is 175 Å². The molecule has 30 heavy (non-hydrogen) atoms. The van der Waals surface area contributed by atoms with Gasteiger partial charge >= 0.3 is 6.09 Å². The van der Waals surface area contributed by atoms with Gasteiger partial charge in [0.15, 0.2) is 5.69 Å². The first-order valence-electron chi connectivity index (χ1n) is 9.31. The standard InChI is InChI=1S/C22H24N4O4/c1-15-13-20(24-26(15)18-9-11-19(29-3)12-10-18)21(27)23-17-7-5-16(6-8-17)14-25(2)22(28)30-4/h5-13H,14H2,1-4H3,(H,23,27). The topological polar surface area (TPSA) is 85.7 Å². The third kappa shape index (κ3) is 4.78. The lowest BCUT2D eigenvalue weighted by Gasteiger charge is -2.15. The van der Waals surface area contributed by atoms with Gasteiger partial charge in [-0.15, -0.1) is 0 Å². The second-order valence-corrected chi connectivity index (χ2v) is 6.76. The van der Waals surface area contributed by atoms with E-state index in [9.17, 15) is 9.59 Å². The molecule has 8 nitrogen and oxygen atoms in total. The number of aryl methyl sites for hydroxylation is 1. The summed E-state index contributed by atoms with van der Waals surface area (Å²) in [5.41, 5.74) is 3.55. The number of aromatic nitrogens is 2. The predicted molar refractivity (Wildman–Crippen MR) is 113 cm³/mol. The van der Waals surface area contributed by atoms with Gasteiger partial charge in [0.1, 0.15) is 5.75 Å². The summed E-state index contributed by atoms with van der Waals surface area (Å²) in [5, 5.41) is 7.27. The molecular formula is C22H24N4O4. The van der Waals surface area contributed by atoms with E-state index < -0.39 is 6.09 Å². The number of rotatable bonds is 6. The largest absolute Gasteiger partial charge is 0.497 e. The van der Waals surface area contributed by atoms with Crippen molar-refractivity contribution in [3.63, 3.8) is 0 Å². The Balaban J connectivity index is 1.68. The monoisotopic (exact) mass is 408 g/mol. The maximum atomic E-state index is 12.6. The first-order valence-corrected chi connectivity index (χ1v) is 9.31. The molecule has 0 saturated carbocycles. The molecule has 2 aromatic carbocycles. The summed E-state index contributed by atoms with van der Waals surface area (Å²) in [4.78, 5) is 25.6. The predicted octanol–water partition coefficient (Wildman–Crippen LogP) is 3.64. The molecule has 1 aromatic heterocycles. The molecular weight excluding hydrogens is 384 g/mol. The van der Waals surface area contributed by atoms with Crippen molar-refractivity contribution in [2.45, 2.75) is 13.5 Å². The van der Waals surface area contributed by atoms with Gasteiger partial charge in [-0.1, -0.05) is 12.1 Å². The van der Waals surface area contributed by atoms with E-state index in [4.69, 9.17) is 4.74 Å². The van der Waals surface area contributed by atoms with Gasteiger partial charge in [0, 0.05) is 25.0 Å². The van der Waals surface area contributed by atoms with Gasteiger partial charge < -0.3 is 19.7 Å². The number of carbonyl (C=O) groups excluding carboxylic acids is 2. The maximum absolute atomic E-state index is 12.6. The lowest BCUT2D eigenvalue weighted by atomic mass is 10.2. The van der Waals surface area contributed by atoms with E-state index in [-0.39, 0.29) is 5.91 Å². The van der Waals surface area contributed by atoms with E-state index in [1.807, 2.05) is 43.3 Å². The Bertz CT molecular complexity index is 1030. The molecule has 0 fully saturated rings. The average Bonchev–Trinajstić information content (AvgIpc) is 3.16. The van der Waals surface area contributed by atoms with Crippen molar-refractivity contribution in [1.29, 1.82) is 0 Å². The summed E-state index contributed by atoms with van der Waals surface area (Å²) in [5.74, 6) is 0.451. The normalized spacial score (nSPS) is 10.4. The molecule has 0 aliphatic rings. The molecule has 0 aliphatic carbocycles. The third-order valence-corrected chi connectivity index (χ3v) is 4.55. The van der Waals surface area contributed by atoms with Crippen molar-refractivity contribution in [3.8, 4) is 11.4 Å². The average molecular weight is 408 g/mol. The first kappa shape index (κ1) is 20.9. The molecule has 0 saturated heterocycles. The summed E-state index contributed by atoms with van der Waals surface area (Å²) >= 11 is 0. The van der Waals surface area contributed by atoms with Gasteiger partial charge in [-0.25, -0.2) is 9.48 Å². The number of amides is 2. The Kier molecular flexibility index (Phi) is 6.36. The molecule has 0 aliphatic heterocycles. The van der Waals surface area contributed by atoms with E-state index >= 15 is 0 Å². The van der Waals surface area contributed by atoms with E-state index in [0.29, 0.717) is 17.9 Å². The van der Waals surface area contributed by atoms with Crippen molar-refractivity contribution in [3.05, 3.63) is 71.5 Å². The number of nitrogens with zero attached hydrogens (tertiary/aromatic N) is 3. The summed E-state index contributed by atoms with van der Waals surface area (Å²) in [7, 11) is 4.61. The first-order chi connectivity index (χ1) is 14.4. The quantitative estimate of drug-likeness (QED) is 0.673. The number of benzene rings is 2. The number of ether oxygens (including phenoxy) is 2. The molecule has 1 N–H and O–H groups in total. The van der Waals surface area contributed by atoms with Crippen LogP contribution < -0.4 is 10.1 Å². The highest BCUT2D eigenvalue weighted by molar-refractivity contribution is 6.03. The maximum Gasteiger partial charge on any atom is 0.409 e. The van der Waals surface area contributed by atoms with E-state index in [1.54, 1.807) is 37.0 Å². The highest BCUT2D eigenvalue weighted by Crippen LogP contribution is 2.18. The summed E-state index contributed by atoms with van der Waals surface area (Å²) in [6, 6.07) is 16.4. The van der Waals surface area contributed by atoms with Crippen molar-refractivity contribution in [2.24, 2.45) is 0 Å². The molecule has 0 spiro atoms. The lowest BCUT2D eigenvalue weighted by molar-refractivity contribution is 0.102. The molecule has 2 amide bonds. The molecule has 0 unspecified atom stereocenters. The van der Waals surface area contributed by atoms with Gasteiger partial charge in [0.05, 0.1) is 19.9 Å². The third-order valence-electron chi connectivity index (χ3n) is 4.55. The van der Waals surface area contributed by atoms with Gasteiger partial charge in [0.2, 0.25) is 0 Å². The summed E-state index contributed by atoms with van der Waals surface area (Å²) < 4.78 is 11.6. The van der Waals surface area contributed by atoms with E-state index in [1.165, 1.54) is 12.0 Å².